The van der Waals surface area contributed by atoms with Gasteiger partial charge in [-0.05, 0) is 43.6 Å². The standard InChI is InChI=1S/C23H32O5/c24-18(13-12-17-8-4-3-5-9-17)14-15-20-19(21(25)16-22(20)26)10-6-1-2-7-11-23(27)28/h1,3-6,8-9,14-15,18-22,24-26H,2,7,10-13,16H2,(H,27,28)/b6-1-,15-14+/t18-,19?,20?,21-,22+/m0/s1. The lowest BCUT2D eigenvalue weighted by atomic mass is 9.89. The second kappa shape index (κ2) is 11.8. The van der Waals surface area contributed by atoms with Gasteiger partial charge in [0.15, 0.2) is 0 Å². The highest BCUT2D eigenvalue weighted by Gasteiger charge is 2.39. The van der Waals surface area contributed by atoms with Gasteiger partial charge in [0.2, 0.25) is 0 Å². The Morgan fingerprint density at radius 3 is 2.61 bits per heavy atom. The first-order chi connectivity index (χ1) is 13.5. The maximum Gasteiger partial charge on any atom is 0.303 e. The van der Waals surface area contributed by atoms with Crippen LogP contribution in [0.25, 0.3) is 0 Å². The van der Waals surface area contributed by atoms with Crippen LogP contribution in [-0.2, 0) is 11.2 Å². The molecule has 28 heavy (non-hydrogen) atoms. The van der Waals surface area contributed by atoms with Crippen LogP contribution in [0.1, 0.15) is 44.1 Å². The Balaban J connectivity index is 1.82. The maximum absolute atomic E-state index is 10.5. The Morgan fingerprint density at radius 1 is 1.14 bits per heavy atom. The van der Waals surface area contributed by atoms with Gasteiger partial charge in [0, 0.05) is 18.8 Å². The summed E-state index contributed by atoms with van der Waals surface area (Å²) >= 11 is 0. The second-order valence-electron chi connectivity index (χ2n) is 7.58. The molecule has 5 nitrogen and oxygen atoms in total. The number of rotatable bonds is 11. The fourth-order valence-corrected chi connectivity index (χ4v) is 3.76. The number of aliphatic carboxylic acids is 1. The van der Waals surface area contributed by atoms with Crippen molar-refractivity contribution in [1.29, 1.82) is 0 Å². The molecule has 2 unspecified atom stereocenters. The Kier molecular flexibility index (Phi) is 9.41. The highest BCUT2D eigenvalue weighted by Crippen LogP contribution is 2.36. The van der Waals surface area contributed by atoms with Crippen LogP contribution in [0.2, 0.25) is 0 Å². The van der Waals surface area contributed by atoms with E-state index in [1.54, 1.807) is 6.08 Å². The first-order valence-electron chi connectivity index (χ1n) is 10.1. The summed E-state index contributed by atoms with van der Waals surface area (Å²) in [6.07, 6.45) is 9.51. The van der Waals surface area contributed by atoms with Gasteiger partial charge in [-0.25, -0.2) is 0 Å². The van der Waals surface area contributed by atoms with E-state index < -0.39 is 24.3 Å². The average molecular weight is 389 g/mol. The molecule has 0 heterocycles. The first-order valence-corrected chi connectivity index (χ1v) is 10.1. The molecular formula is C23H32O5. The zero-order chi connectivity index (χ0) is 20.4. The zero-order valence-corrected chi connectivity index (χ0v) is 16.2. The Labute approximate surface area is 167 Å². The summed E-state index contributed by atoms with van der Waals surface area (Å²) in [5.74, 6) is -1.08. The number of hydrogen-bond donors (Lipinski definition) is 4. The van der Waals surface area contributed by atoms with E-state index in [4.69, 9.17) is 5.11 Å². The van der Waals surface area contributed by atoms with E-state index >= 15 is 0 Å². The van der Waals surface area contributed by atoms with Gasteiger partial charge in [0.05, 0.1) is 18.3 Å². The number of carboxylic acids is 1. The van der Waals surface area contributed by atoms with Gasteiger partial charge in [0.1, 0.15) is 0 Å². The predicted molar refractivity (Wildman–Crippen MR) is 109 cm³/mol. The number of unbranched alkanes of at least 4 members (excludes halogenated alkanes) is 1. The quantitative estimate of drug-likeness (QED) is 0.345. The van der Waals surface area contributed by atoms with E-state index in [-0.39, 0.29) is 18.3 Å². The van der Waals surface area contributed by atoms with Crippen LogP contribution in [-0.4, -0.2) is 44.7 Å². The highest BCUT2D eigenvalue weighted by molar-refractivity contribution is 5.66. The summed E-state index contributed by atoms with van der Waals surface area (Å²) in [4.78, 5) is 10.5. The molecule has 1 fully saturated rings. The van der Waals surface area contributed by atoms with E-state index in [0.29, 0.717) is 32.1 Å². The summed E-state index contributed by atoms with van der Waals surface area (Å²) < 4.78 is 0. The van der Waals surface area contributed by atoms with Crippen molar-refractivity contribution in [3.05, 3.63) is 60.2 Å². The molecule has 5 heteroatoms. The molecule has 0 radical (unpaired) electrons. The number of allylic oxidation sites excluding steroid dienone is 2. The molecule has 2 rings (SSSR count). The minimum atomic E-state index is -0.793. The molecule has 0 bridgehead atoms. The van der Waals surface area contributed by atoms with Gasteiger partial charge in [-0.2, -0.15) is 0 Å². The van der Waals surface area contributed by atoms with Gasteiger partial charge in [-0.1, -0.05) is 54.6 Å². The third-order valence-corrected chi connectivity index (χ3v) is 5.38. The van der Waals surface area contributed by atoms with Crippen LogP contribution in [0.3, 0.4) is 0 Å². The fourth-order valence-electron chi connectivity index (χ4n) is 3.76. The van der Waals surface area contributed by atoms with Crippen LogP contribution in [0.15, 0.2) is 54.6 Å². The SMILES string of the molecule is O=C(O)CCC/C=C\CC1C(/C=C/[C@@H](O)CCc2ccccc2)[C@H](O)C[C@@H]1O. The topological polar surface area (TPSA) is 98.0 Å². The van der Waals surface area contributed by atoms with Crippen LogP contribution in [0, 0.1) is 11.8 Å². The minimum Gasteiger partial charge on any atom is -0.481 e. The Hall–Kier alpha value is -1.95. The van der Waals surface area contributed by atoms with Crippen molar-refractivity contribution in [1.82, 2.24) is 0 Å². The minimum absolute atomic E-state index is 0.0942. The molecule has 0 saturated heterocycles. The van der Waals surface area contributed by atoms with E-state index in [1.165, 1.54) is 5.56 Å². The van der Waals surface area contributed by atoms with E-state index in [0.717, 1.165) is 6.42 Å². The lowest BCUT2D eigenvalue weighted by Gasteiger charge is -2.19. The molecular weight excluding hydrogens is 356 g/mol. The van der Waals surface area contributed by atoms with Gasteiger partial charge >= 0.3 is 5.97 Å². The summed E-state index contributed by atoms with van der Waals surface area (Å²) in [6, 6.07) is 9.99. The molecule has 0 spiro atoms. The van der Waals surface area contributed by atoms with Crippen molar-refractivity contribution in [2.45, 2.75) is 63.3 Å². The van der Waals surface area contributed by atoms with Crippen molar-refractivity contribution in [3.8, 4) is 0 Å². The smallest absolute Gasteiger partial charge is 0.303 e. The second-order valence-corrected chi connectivity index (χ2v) is 7.58. The third-order valence-electron chi connectivity index (χ3n) is 5.38. The molecule has 1 aromatic rings. The van der Waals surface area contributed by atoms with Crippen LogP contribution in [0.4, 0.5) is 0 Å². The van der Waals surface area contributed by atoms with Gasteiger partial charge in [-0.3, -0.25) is 4.79 Å². The molecule has 1 saturated carbocycles. The van der Waals surface area contributed by atoms with Crippen LogP contribution < -0.4 is 0 Å². The van der Waals surface area contributed by atoms with Crippen molar-refractivity contribution < 1.29 is 25.2 Å². The molecule has 5 atom stereocenters. The molecule has 4 N–H and O–H groups in total. The number of benzene rings is 1. The molecule has 1 aromatic carbocycles. The summed E-state index contributed by atoms with van der Waals surface area (Å²) in [7, 11) is 0. The van der Waals surface area contributed by atoms with Crippen molar-refractivity contribution in [2.24, 2.45) is 11.8 Å². The number of aryl methyl sites for hydroxylation is 1. The van der Waals surface area contributed by atoms with Gasteiger partial charge in [0.25, 0.3) is 0 Å². The molecule has 154 valence electrons. The van der Waals surface area contributed by atoms with E-state index in [9.17, 15) is 20.1 Å². The van der Waals surface area contributed by atoms with Gasteiger partial charge in [-0.15, -0.1) is 0 Å². The number of aliphatic hydroxyl groups is 3. The third kappa shape index (κ3) is 7.58. The Morgan fingerprint density at radius 2 is 1.89 bits per heavy atom. The average Bonchev–Trinajstić information content (AvgIpc) is 2.94. The largest absolute Gasteiger partial charge is 0.481 e. The molecule has 0 aliphatic heterocycles. The van der Waals surface area contributed by atoms with Crippen molar-refractivity contribution in [3.63, 3.8) is 0 Å². The normalized spacial score (nSPS) is 26.2. The lowest BCUT2D eigenvalue weighted by Crippen LogP contribution is -2.20. The van der Waals surface area contributed by atoms with E-state index in [1.807, 2.05) is 48.6 Å². The van der Waals surface area contributed by atoms with Crippen molar-refractivity contribution in [2.75, 3.05) is 0 Å². The zero-order valence-electron chi connectivity index (χ0n) is 16.2. The number of carboxylic acid groups (broad SMARTS) is 1. The summed E-state index contributed by atoms with van der Waals surface area (Å²) in [5, 5.41) is 39.4. The molecule has 1 aliphatic rings. The number of carbonyl (C=O) groups is 1. The fraction of sp³-hybridized carbons (Fsp3) is 0.522. The highest BCUT2D eigenvalue weighted by atomic mass is 16.4. The molecule has 0 amide bonds. The summed E-state index contributed by atoms with van der Waals surface area (Å²) in [5.41, 5.74) is 1.18. The molecule has 0 aromatic heterocycles. The molecule has 1 aliphatic carbocycles. The maximum atomic E-state index is 10.5. The van der Waals surface area contributed by atoms with Gasteiger partial charge < -0.3 is 20.4 Å². The number of aliphatic hydroxyl groups excluding tert-OH is 3. The predicted octanol–water partition coefficient (Wildman–Crippen LogP) is 3.10. The van der Waals surface area contributed by atoms with E-state index in [2.05, 4.69) is 0 Å². The monoisotopic (exact) mass is 388 g/mol. The van der Waals surface area contributed by atoms with Crippen molar-refractivity contribution >= 4 is 5.97 Å². The first kappa shape index (κ1) is 22.3. The van der Waals surface area contributed by atoms with Crippen LogP contribution >= 0.6 is 0 Å². The Bertz CT molecular complexity index is 640. The number of hydrogen-bond acceptors (Lipinski definition) is 4. The summed E-state index contributed by atoms with van der Waals surface area (Å²) in [6.45, 7) is 0. The van der Waals surface area contributed by atoms with Crippen LogP contribution in [0.5, 0.6) is 0 Å². The lowest BCUT2D eigenvalue weighted by molar-refractivity contribution is -0.137.